The minimum atomic E-state index is -0.950. The third-order valence-electron chi connectivity index (χ3n) is 5.04. The summed E-state index contributed by atoms with van der Waals surface area (Å²) in [5.74, 6) is -1.23. The normalized spacial score (nSPS) is 18.5. The molecule has 0 aromatic heterocycles. The SMILES string of the molecule is CCCCCCC1(C)NC(=O)N(CC(=O)NCc2ccc(C(=O)OC)cc2)C1=O. The molecular weight excluding hydrogens is 374 g/mol. The Morgan fingerprint density at radius 1 is 1.14 bits per heavy atom. The third kappa shape index (κ3) is 5.79. The quantitative estimate of drug-likeness (QED) is 0.355. The van der Waals surface area contributed by atoms with Gasteiger partial charge in [0.1, 0.15) is 12.1 Å². The second kappa shape index (κ2) is 10.0. The molecule has 0 bridgehead atoms. The molecule has 1 atom stereocenters. The van der Waals surface area contributed by atoms with Crippen LogP contribution in [0.1, 0.15) is 61.9 Å². The molecule has 1 aromatic rings. The zero-order valence-corrected chi connectivity index (χ0v) is 17.2. The summed E-state index contributed by atoms with van der Waals surface area (Å²) in [6.45, 7) is 3.71. The second-order valence-electron chi connectivity index (χ2n) is 7.43. The fourth-order valence-corrected chi connectivity index (χ4v) is 3.24. The lowest BCUT2D eigenvalue weighted by Gasteiger charge is -2.21. The molecule has 0 aliphatic carbocycles. The number of urea groups is 1. The molecule has 0 saturated carbocycles. The standard InChI is InChI=1S/C21H29N3O5/c1-4-5-6-7-12-21(2)19(27)24(20(28)23-21)14-17(25)22-13-15-8-10-16(11-9-15)18(26)29-3/h8-11H,4-7,12-14H2,1-3H3,(H,22,25)(H,23,28). The van der Waals surface area contributed by atoms with Gasteiger partial charge in [-0.1, -0.05) is 44.7 Å². The smallest absolute Gasteiger partial charge is 0.337 e. The van der Waals surface area contributed by atoms with E-state index < -0.39 is 23.4 Å². The molecule has 1 fully saturated rings. The zero-order chi connectivity index (χ0) is 21.4. The van der Waals surface area contributed by atoms with Gasteiger partial charge in [-0.3, -0.25) is 14.5 Å². The summed E-state index contributed by atoms with van der Waals surface area (Å²) in [6.07, 6.45) is 4.59. The Morgan fingerprint density at radius 2 is 1.83 bits per heavy atom. The molecular formula is C21H29N3O5. The molecule has 8 heteroatoms. The maximum atomic E-state index is 12.7. The number of unbranched alkanes of at least 4 members (excludes halogenated alkanes) is 3. The van der Waals surface area contributed by atoms with Crippen LogP contribution in [0.25, 0.3) is 0 Å². The lowest BCUT2D eigenvalue weighted by Crippen LogP contribution is -2.45. The summed E-state index contributed by atoms with van der Waals surface area (Å²) in [7, 11) is 1.31. The van der Waals surface area contributed by atoms with Crippen molar-refractivity contribution in [3.05, 3.63) is 35.4 Å². The molecule has 0 radical (unpaired) electrons. The Bertz CT molecular complexity index is 762. The van der Waals surface area contributed by atoms with E-state index in [-0.39, 0.29) is 19.0 Å². The summed E-state index contributed by atoms with van der Waals surface area (Å²) in [5, 5.41) is 5.41. The fourth-order valence-electron chi connectivity index (χ4n) is 3.24. The van der Waals surface area contributed by atoms with E-state index in [1.54, 1.807) is 31.2 Å². The van der Waals surface area contributed by atoms with Crippen molar-refractivity contribution in [3.63, 3.8) is 0 Å². The summed E-state index contributed by atoms with van der Waals surface area (Å²) in [4.78, 5) is 49.5. The highest BCUT2D eigenvalue weighted by Crippen LogP contribution is 2.23. The van der Waals surface area contributed by atoms with Gasteiger partial charge in [0.15, 0.2) is 0 Å². The topological polar surface area (TPSA) is 105 Å². The van der Waals surface area contributed by atoms with E-state index >= 15 is 0 Å². The molecule has 158 valence electrons. The first-order valence-corrected chi connectivity index (χ1v) is 9.88. The van der Waals surface area contributed by atoms with Crippen LogP contribution in [-0.2, 0) is 20.9 Å². The van der Waals surface area contributed by atoms with Gasteiger partial charge in [-0.05, 0) is 31.0 Å². The molecule has 2 rings (SSSR count). The number of hydrogen-bond acceptors (Lipinski definition) is 5. The van der Waals surface area contributed by atoms with Crippen molar-refractivity contribution in [1.29, 1.82) is 0 Å². The van der Waals surface area contributed by atoms with Gasteiger partial charge in [0.25, 0.3) is 5.91 Å². The number of hydrogen-bond donors (Lipinski definition) is 2. The average Bonchev–Trinajstić information content (AvgIpc) is 2.92. The summed E-state index contributed by atoms with van der Waals surface area (Å²) in [6, 6.07) is 6.08. The van der Waals surface area contributed by atoms with Crippen LogP contribution in [0.4, 0.5) is 4.79 Å². The van der Waals surface area contributed by atoms with Crippen LogP contribution in [-0.4, -0.2) is 47.9 Å². The van der Waals surface area contributed by atoms with Gasteiger partial charge in [-0.25, -0.2) is 9.59 Å². The number of nitrogens with zero attached hydrogens (tertiary/aromatic N) is 1. The zero-order valence-electron chi connectivity index (χ0n) is 17.2. The van der Waals surface area contributed by atoms with Crippen molar-refractivity contribution < 1.29 is 23.9 Å². The van der Waals surface area contributed by atoms with Gasteiger partial charge >= 0.3 is 12.0 Å². The van der Waals surface area contributed by atoms with Gasteiger partial charge in [-0.2, -0.15) is 0 Å². The summed E-state index contributed by atoms with van der Waals surface area (Å²) >= 11 is 0. The van der Waals surface area contributed by atoms with Crippen molar-refractivity contribution in [2.75, 3.05) is 13.7 Å². The van der Waals surface area contributed by atoms with Gasteiger partial charge in [0.2, 0.25) is 5.91 Å². The largest absolute Gasteiger partial charge is 0.465 e. The number of nitrogens with one attached hydrogen (secondary N) is 2. The van der Waals surface area contributed by atoms with Crippen LogP contribution in [0, 0.1) is 0 Å². The molecule has 1 aliphatic heterocycles. The number of carbonyl (C=O) groups excluding carboxylic acids is 4. The highest BCUT2D eigenvalue weighted by Gasteiger charge is 2.47. The molecule has 29 heavy (non-hydrogen) atoms. The maximum absolute atomic E-state index is 12.7. The van der Waals surface area contributed by atoms with E-state index in [9.17, 15) is 19.2 Å². The van der Waals surface area contributed by atoms with E-state index in [2.05, 4.69) is 22.3 Å². The average molecular weight is 403 g/mol. The van der Waals surface area contributed by atoms with Crippen molar-refractivity contribution in [2.24, 2.45) is 0 Å². The van der Waals surface area contributed by atoms with Crippen LogP contribution in [0.3, 0.4) is 0 Å². The molecule has 8 nitrogen and oxygen atoms in total. The maximum Gasteiger partial charge on any atom is 0.337 e. The highest BCUT2D eigenvalue weighted by molar-refractivity contribution is 6.08. The Balaban J connectivity index is 1.86. The van der Waals surface area contributed by atoms with Gasteiger partial charge in [-0.15, -0.1) is 0 Å². The van der Waals surface area contributed by atoms with Crippen LogP contribution < -0.4 is 10.6 Å². The van der Waals surface area contributed by atoms with Crippen LogP contribution in [0.5, 0.6) is 0 Å². The van der Waals surface area contributed by atoms with Gasteiger partial charge < -0.3 is 15.4 Å². The lowest BCUT2D eigenvalue weighted by atomic mass is 9.94. The van der Waals surface area contributed by atoms with E-state index in [1.165, 1.54) is 7.11 Å². The number of amides is 4. The highest BCUT2D eigenvalue weighted by atomic mass is 16.5. The van der Waals surface area contributed by atoms with E-state index in [4.69, 9.17) is 0 Å². The fraction of sp³-hybridized carbons (Fsp3) is 0.524. The molecule has 1 unspecified atom stereocenters. The number of esters is 1. The molecule has 1 heterocycles. The minimum absolute atomic E-state index is 0.220. The minimum Gasteiger partial charge on any atom is -0.465 e. The van der Waals surface area contributed by atoms with Gasteiger partial charge in [0.05, 0.1) is 12.7 Å². The van der Waals surface area contributed by atoms with Crippen molar-refractivity contribution in [2.45, 2.75) is 58.0 Å². The number of ether oxygens (including phenoxy) is 1. The van der Waals surface area contributed by atoms with Gasteiger partial charge in [0, 0.05) is 6.54 Å². The third-order valence-corrected chi connectivity index (χ3v) is 5.04. The molecule has 0 spiro atoms. The number of imide groups is 1. The van der Waals surface area contributed by atoms with E-state index in [0.717, 1.165) is 36.1 Å². The Hall–Kier alpha value is -2.90. The molecule has 1 aromatic carbocycles. The molecule has 1 aliphatic rings. The van der Waals surface area contributed by atoms with Crippen molar-refractivity contribution in [3.8, 4) is 0 Å². The number of benzene rings is 1. The predicted molar refractivity (Wildman–Crippen MR) is 107 cm³/mol. The first-order chi connectivity index (χ1) is 13.8. The van der Waals surface area contributed by atoms with Crippen molar-refractivity contribution in [1.82, 2.24) is 15.5 Å². The Morgan fingerprint density at radius 3 is 2.45 bits per heavy atom. The lowest BCUT2D eigenvalue weighted by molar-refractivity contribution is -0.134. The first-order valence-electron chi connectivity index (χ1n) is 9.88. The summed E-state index contributed by atoms with van der Waals surface area (Å²) in [5.41, 5.74) is 0.249. The van der Waals surface area contributed by atoms with Crippen LogP contribution in [0.2, 0.25) is 0 Å². The predicted octanol–water partition coefficient (Wildman–Crippen LogP) is 2.37. The second-order valence-corrected chi connectivity index (χ2v) is 7.43. The molecule has 2 N–H and O–H groups in total. The number of methoxy groups -OCH3 is 1. The number of carbonyl (C=O) groups is 4. The molecule has 1 saturated heterocycles. The molecule has 4 amide bonds. The van der Waals surface area contributed by atoms with E-state index in [0.29, 0.717) is 12.0 Å². The number of rotatable bonds is 10. The van der Waals surface area contributed by atoms with Crippen LogP contribution >= 0.6 is 0 Å². The first kappa shape index (κ1) is 22.4. The van der Waals surface area contributed by atoms with E-state index in [1.807, 2.05) is 0 Å². The monoisotopic (exact) mass is 403 g/mol. The Labute approximate surface area is 171 Å². The summed E-state index contributed by atoms with van der Waals surface area (Å²) < 4.78 is 4.64. The van der Waals surface area contributed by atoms with Crippen molar-refractivity contribution >= 4 is 23.8 Å². The Kier molecular flexibility index (Phi) is 7.75. The van der Waals surface area contributed by atoms with Crippen LogP contribution in [0.15, 0.2) is 24.3 Å².